The topological polar surface area (TPSA) is 71.3 Å². The largest absolute Gasteiger partial charge is 0.486 e. The number of benzene rings is 1. The number of anilines is 1. The van der Waals surface area contributed by atoms with Crippen LogP contribution in [0.25, 0.3) is 11.3 Å². The highest BCUT2D eigenvalue weighted by Crippen LogP contribution is 2.34. The highest BCUT2D eigenvalue weighted by Gasteiger charge is 2.15. The Hall–Kier alpha value is -2.81. The van der Waals surface area contributed by atoms with Crippen molar-refractivity contribution in [1.29, 1.82) is 5.26 Å². The summed E-state index contributed by atoms with van der Waals surface area (Å²) in [6.07, 6.45) is 0. The van der Waals surface area contributed by atoms with Gasteiger partial charge in [0.05, 0.1) is 5.69 Å². The molecule has 0 fully saturated rings. The van der Waals surface area contributed by atoms with Crippen LogP contribution in [-0.4, -0.2) is 36.3 Å². The van der Waals surface area contributed by atoms with Crippen molar-refractivity contribution in [1.82, 2.24) is 9.97 Å². The molecule has 0 saturated heterocycles. The molecule has 1 aromatic carbocycles. The van der Waals surface area contributed by atoms with E-state index < -0.39 is 0 Å². The zero-order chi connectivity index (χ0) is 16.2. The van der Waals surface area contributed by atoms with Crippen molar-refractivity contribution in [2.45, 2.75) is 13.8 Å². The van der Waals surface area contributed by atoms with Gasteiger partial charge in [0, 0.05) is 24.7 Å². The maximum atomic E-state index is 9.25. The second-order valence-electron chi connectivity index (χ2n) is 5.08. The second-order valence-corrected chi connectivity index (χ2v) is 5.08. The molecule has 6 heteroatoms. The molecule has 0 amide bonds. The molecule has 0 unspecified atom stereocenters. The van der Waals surface area contributed by atoms with Crippen molar-refractivity contribution >= 4 is 5.95 Å². The predicted octanol–water partition coefficient (Wildman–Crippen LogP) is 2.63. The molecule has 1 aliphatic rings. The Morgan fingerprint density at radius 3 is 2.52 bits per heavy atom. The van der Waals surface area contributed by atoms with Gasteiger partial charge in [-0.25, -0.2) is 9.97 Å². The van der Waals surface area contributed by atoms with Crippen LogP contribution >= 0.6 is 0 Å². The van der Waals surface area contributed by atoms with Crippen molar-refractivity contribution in [3.05, 3.63) is 30.0 Å². The smallest absolute Gasteiger partial charge is 0.227 e. The Morgan fingerprint density at radius 1 is 1.09 bits per heavy atom. The minimum absolute atomic E-state index is 0.354. The van der Waals surface area contributed by atoms with Gasteiger partial charge in [-0.3, -0.25) is 0 Å². The third kappa shape index (κ3) is 3.04. The molecule has 0 bridgehead atoms. The number of rotatable bonds is 4. The average Bonchev–Trinajstić information content (AvgIpc) is 2.62. The SMILES string of the molecule is CCN(CC)c1nc(C#N)cc(-c2ccc3c(c2)OCCO3)n1. The van der Waals surface area contributed by atoms with E-state index in [9.17, 15) is 5.26 Å². The number of hydrogen-bond donors (Lipinski definition) is 0. The fraction of sp³-hybridized carbons (Fsp3) is 0.353. The normalized spacial score (nSPS) is 12.6. The Balaban J connectivity index is 2.05. The lowest BCUT2D eigenvalue weighted by molar-refractivity contribution is 0.171. The average molecular weight is 310 g/mol. The van der Waals surface area contributed by atoms with E-state index >= 15 is 0 Å². The second kappa shape index (κ2) is 6.53. The van der Waals surface area contributed by atoms with Crippen LogP contribution in [-0.2, 0) is 0 Å². The molecular formula is C17H18N4O2. The Labute approximate surface area is 135 Å². The summed E-state index contributed by atoms with van der Waals surface area (Å²) in [6.45, 7) is 6.74. The first-order valence-corrected chi connectivity index (χ1v) is 7.69. The maximum Gasteiger partial charge on any atom is 0.227 e. The molecule has 0 saturated carbocycles. The van der Waals surface area contributed by atoms with Crippen LogP contribution in [0.3, 0.4) is 0 Å². The van der Waals surface area contributed by atoms with E-state index in [-0.39, 0.29) is 0 Å². The summed E-state index contributed by atoms with van der Waals surface area (Å²) < 4.78 is 11.2. The molecule has 2 aromatic rings. The number of fused-ring (bicyclic) bond motifs is 1. The van der Waals surface area contributed by atoms with Gasteiger partial charge in [-0.05, 0) is 32.0 Å². The number of hydrogen-bond acceptors (Lipinski definition) is 6. The van der Waals surface area contributed by atoms with E-state index in [0.717, 1.165) is 24.4 Å². The first kappa shape index (κ1) is 15.1. The fourth-order valence-corrected chi connectivity index (χ4v) is 2.49. The number of ether oxygens (including phenoxy) is 2. The van der Waals surface area contributed by atoms with Crippen molar-refractivity contribution < 1.29 is 9.47 Å². The van der Waals surface area contributed by atoms with Crippen LogP contribution in [0, 0.1) is 11.3 Å². The summed E-state index contributed by atoms with van der Waals surface area (Å²) in [5, 5.41) is 9.25. The third-order valence-electron chi connectivity index (χ3n) is 3.71. The van der Waals surface area contributed by atoms with Gasteiger partial charge in [-0.15, -0.1) is 0 Å². The molecule has 6 nitrogen and oxygen atoms in total. The van der Waals surface area contributed by atoms with E-state index in [2.05, 4.69) is 16.0 Å². The standard InChI is InChI=1S/C17H18N4O2/c1-3-21(4-2)17-19-13(11-18)10-14(20-17)12-5-6-15-16(9-12)23-8-7-22-15/h5-6,9-10H,3-4,7-8H2,1-2H3. The molecular weight excluding hydrogens is 292 g/mol. The van der Waals surface area contributed by atoms with Crippen molar-refractivity contribution in [2.75, 3.05) is 31.2 Å². The lowest BCUT2D eigenvalue weighted by atomic mass is 10.1. The van der Waals surface area contributed by atoms with E-state index in [1.807, 2.05) is 36.9 Å². The van der Waals surface area contributed by atoms with E-state index in [1.165, 1.54) is 0 Å². The van der Waals surface area contributed by atoms with Crippen LogP contribution in [0.5, 0.6) is 11.5 Å². The van der Waals surface area contributed by atoms with Gasteiger partial charge < -0.3 is 14.4 Å². The van der Waals surface area contributed by atoms with Crippen LogP contribution in [0.4, 0.5) is 5.95 Å². The lowest BCUT2D eigenvalue weighted by Crippen LogP contribution is -2.24. The summed E-state index contributed by atoms with van der Waals surface area (Å²) in [5.41, 5.74) is 1.93. The number of nitrogens with zero attached hydrogens (tertiary/aromatic N) is 4. The zero-order valence-electron chi connectivity index (χ0n) is 13.2. The van der Waals surface area contributed by atoms with Gasteiger partial charge in [0.1, 0.15) is 25.0 Å². The van der Waals surface area contributed by atoms with Gasteiger partial charge in [0.25, 0.3) is 0 Å². The van der Waals surface area contributed by atoms with Crippen LogP contribution in [0.1, 0.15) is 19.5 Å². The third-order valence-corrected chi connectivity index (χ3v) is 3.71. The van der Waals surface area contributed by atoms with Gasteiger partial charge in [-0.2, -0.15) is 5.26 Å². The first-order chi connectivity index (χ1) is 11.2. The Kier molecular flexibility index (Phi) is 4.29. The Bertz CT molecular complexity index is 751. The van der Waals surface area contributed by atoms with Gasteiger partial charge in [0.15, 0.2) is 11.5 Å². The van der Waals surface area contributed by atoms with Crippen LogP contribution in [0.15, 0.2) is 24.3 Å². The minimum atomic E-state index is 0.354. The Morgan fingerprint density at radius 2 is 1.83 bits per heavy atom. The summed E-state index contributed by atoms with van der Waals surface area (Å²) in [6, 6.07) is 9.48. The van der Waals surface area contributed by atoms with Crippen LogP contribution in [0.2, 0.25) is 0 Å². The summed E-state index contributed by atoms with van der Waals surface area (Å²) in [4.78, 5) is 10.9. The van der Waals surface area contributed by atoms with Gasteiger partial charge in [0.2, 0.25) is 5.95 Å². The summed E-state index contributed by atoms with van der Waals surface area (Å²) >= 11 is 0. The molecule has 1 aromatic heterocycles. The van der Waals surface area contributed by atoms with E-state index in [4.69, 9.17) is 9.47 Å². The van der Waals surface area contributed by atoms with Crippen molar-refractivity contribution in [2.24, 2.45) is 0 Å². The molecule has 0 spiro atoms. The predicted molar refractivity (Wildman–Crippen MR) is 86.7 cm³/mol. The maximum absolute atomic E-state index is 9.25. The molecule has 2 heterocycles. The summed E-state index contributed by atoms with van der Waals surface area (Å²) in [5.74, 6) is 2.01. The molecule has 3 rings (SSSR count). The molecule has 1 aliphatic heterocycles. The highest BCUT2D eigenvalue weighted by molar-refractivity contribution is 5.66. The molecule has 0 atom stereocenters. The molecule has 23 heavy (non-hydrogen) atoms. The van der Waals surface area contributed by atoms with E-state index in [0.29, 0.717) is 36.3 Å². The fourth-order valence-electron chi connectivity index (χ4n) is 2.49. The molecule has 118 valence electrons. The lowest BCUT2D eigenvalue weighted by Gasteiger charge is -2.20. The molecule has 0 N–H and O–H groups in total. The summed E-state index contributed by atoms with van der Waals surface area (Å²) in [7, 11) is 0. The van der Waals surface area contributed by atoms with Gasteiger partial charge >= 0.3 is 0 Å². The number of aromatic nitrogens is 2. The zero-order valence-corrected chi connectivity index (χ0v) is 13.2. The molecule has 0 radical (unpaired) electrons. The van der Waals surface area contributed by atoms with E-state index in [1.54, 1.807) is 6.07 Å². The first-order valence-electron chi connectivity index (χ1n) is 7.69. The van der Waals surface area contributed by atoms with Crippen LogP contribution < -0.4 is 14.4 Å². The number of nitriles is 1. The quantitative estimate of drug-likeness (QED) is 0.864. The van der Waals surface area contributed by atoms with Crippen molar-refractivity contribution in [3.8, 4) is 28.8 Å². The monoisotopic (exact) mass is 310 g/mol. The van der Waals surface area contributed by atoms with Gasteiger partial charge in [-0.1, -0.05) is 0 Å². The van der Waals surface area contributed by atoms with Crippen molar-refractivity contribution in [3.63, 3.8) is 0 Å². The highest BCUT2D eigenvalue weighted by atomic mass is 16.6. The molecule has 0 aliphatic carbocycles. The minimum Gasteiger partial charge on any atom is -0.486 e.